The van der Waals surface area contributed by atoms with Crippen molar-refractivity contribution in [2.45, 2.75) is 20.3 Å². The monoisotopic (exact) mass is 284 g/mol. The van der Waals surface area contributed by atoms with Gasteiger partial charge in [0.15, 0.2) is 0 Å². The van der Waals surface area contributed by atoms with E-state index in [1.807, 2.05) is 19.9 Å². The van der Waals surface area contributed by atoms with Crippen molar-refractivity contribution in [1.29, 1.82) is 0 Å². The van der Waals surface area contributed by atoms with Crippen LogP contribution in [-0.2, 0) is 0 Å². The predicted molar refractivity (Wildman–Crippen MR) is 92.3 cm³/mol. The van der Waals surface area contributed by atoms with E-state index < -0.39 is 0 Å². The summed E-state index contributed by atoms with van der Waals surface area (Å²) in [4.78, 5) is 9.84. The van der Waals surface area contributed by atoms with E-state index in [2.05, 4.69) is 52.7 Å². The zero-order valence-corrected chi connectivity index (χ0v) is 13.0. The summed E-state index contributed by atoms with van der Waals surface area (Å²) in [6.07, 6.45) is 6.17. The van der Waals surface area contributed by atoms with Crippen molar-refractivity contribution in [3.05, 3.63) is 60.3 Å². The first-order chi connectivity index (χ1) is 10.1. The second-order valence-corrected chi connectivity index (χ2v) is 4.42. The van der Waals surface area contributed by atoms with Crippen LogP contribution in [-0.4, -0.2) is 31.0 Å². The third-order valence-corrected chi connectivity index (χ3v) is 3.13. The topological polar surface area (TPSA) is 40.0 Å². The van der Waals surface area contributed by atoms with Crippen molar-refractivity contribution >= 4 is 13.1 Å². The van der Waals surface area contributed by atoms with Gasteiger partial charge in [-0.3, -0.25) is 4.99 Å². The molecule has 0 unspecified atom stereocenters. The van der Waals surface area contributed by atoms with Crippen molar-refractivity contribution in [2.75, 3.05) is 13.1 Å². The van der Waals surface area contributed by atoms with E-state index >= 15 is 0 Å². The van der Waals surface area contributed by atoms with Crippen LogP contribution >= 0.6 is 0 Å². The van der Waals surface area contributed by atoms with Gasteiger partial charge in [-0.25, -0.2) is 4.99 Å². The molecule has 0 saturated carbocycles. The van der Waals surface area contributed by atoms with Crippen LogP contribution in [0.4, 0.5) is 0 Å². The van der Waals surface area contributed by atoms with Crippen molar-refractivity contribution < 1.29 is 0 Å². The molecule has 0 aromatic rings. The molecule has 0 radical (unpaired) electrons. The Labute approximate surface area is 127 Å². The van der Waals surface area contributed by atoms with Crippen LogP contribution in [0.3, 0.4) is 0 Å². The first-order valence-corrected chi connectivity index (χ1v) is 7.10. The fraction of sp³-hybridized carbons (Fsp3) is 0.294. The summed E-state index contributed by atoms with van der Waals surface area (Å²) in [5, 5.41) is 3.25. The SMILES string of the molecule is C=NC=NC(=C)CC1=CC=C2C(=C)NCCN2C1=C.CC. The molecule has 2 rings (SSSR count). The first-order valence-electron chi connectivity index (χ1n) is 7.10. The maximum atomic E-state index is 4.17. The summed E-state index contributed by atoms with van der Waals surface area (Å²) in [5.74, 6) is 0. The van der Waals surface area contributed by atoms with Gasteiger partial charge in [0.25, 0.3) is 0 Å². The number of allylic oxidation sites excluding steroid dienone is 4. The van der Waals surface area contributed by atoms with Gasteiger partial charge < -0.3 is 10.2 Å². The Kier molecular flexibility index (Phi) is 6.40. The fourth-order valence-corrected chi connectivity index (χ4v) is 2.16. The van der Waals surface area contributed by atoms with Crippen molar-refractivity contribution in [3.8, 4) is 0 Å². The van der Waals surface area contributed by atoms with Gasteiger partial charge in [-0.1, -0.05) is 39.7 Å². The molecule has 2 aliphatic rings. The van der Waals surface area contributed by atoms with E-state index in [9.17, 15) is 0 Å². The zero-order chi connectivity index (χ0) is 15.8. The number of nitrogens with zero attached hydrogens (tertiary/aromatic N) is 3. The molecule has 0 aromatic heterocycles. The van der Waals surface area contributed by atoms with Crippen LogP contribution in [0.25, 0.3) is 0 Å². The van der Waals surface area contributed by atoms with E-state index in [4.69, 9.17) is 0 Å². The van der Waals surface area contributed by atoms with E-state index in [0.29, 0.717) is 6.42 Å². The van der Waals surface area contributed by atoms with Gasteiger partial charge in [0, 0.05) is 30.9 Å². The normalized spacial score (nSPS) is 17.1. The maximum Gasteiger partial charge on any atom is 0.114 e. The molecular formula is C17H24N4. The molecule has 112 valence electrons. The van der Waals surface area contributed by atoms with Gasteiger partial charge in [-0.2, -0.15) is 0 Å². The third-order valence-electron chi connectivity index (χ3n) is 3.13. The summed E-state index contributed by atoms with van der Waals surface area (Å²) in [6.45, 7) is 21.2. The molecule has 1 fully saturated rings. The highest BCUT2D eigenvalue weighted by atomic mass is 15.2. The van der Waals surface area contributed by atoms with Gasteiger partial charge in [-0.15, -0.1) is 0 Å². The molecule has 1 N–H and O–H groups in total. The van der Waals surface area contributed by atoms with Gasteiger partial charge in [0.05, 0.1) is 11.4 Å². The standard InChI is InChI=1S/C15H18N4.C2H6/c1-11(18-10-16-4)9-14-5-6-15-12(2)17-7-8-19(15)13(14)3;1-2/h5-6,10,17H,1-4,7-9H2;1-2H3. The summed E-state index contributed by atoms with van der Waals surface area (Å²) < 4.78 is 0. The number of fused-ring (bicyclic) bond motifs is 1. The van der Waals surface area contributed by atoms with E-state index in [1.54, 1.807) is 0 Å². The molecule has 4 nitrogen and oxygen atoms in total. The molecule has 0 atom stereocenters. The Morgan fingerprint density at radius 2 is 2.10 bits per heavy atom. The lowest BCUT2D eigenvalue weighted by molar-refractivity contribution is 0.396. The quantitative estimate of drug-likeness (QED) is 0.635. The summed E-state index contributed by atoms with van der Waals surface area (Å²) in [7, 11) is 0. The molecule has 0 aromatic carbocycles. The average molecular weight is 284 g/mol. The minimum Gasteiger partial charge on any atom is -0.382 e. The highest BCUT2D eigenvalue weighted by Gasteiger charge is 2.24. The van der Waals surface area contributed by atoms with E-state index in [-0.39, 0.29) is 0 Å². The molecule has 2 aliphatic heterocycles. The second-order valence-electron chi connectivity index (χ2n) is 4.42. The smallest absolute Gasteiger partial charge is 0.114 e. The van der Waals surface area contributed by atoms with Crippen LogP contribution < -0.4 is 5.32 Å². The van der Waals surface area contributed by atoms with Crippen molar-refractivity contribution in [3.63, 3.8) is 0 Å². The molecule has 4 heteroatoms. The lowest BCUT2D eigenvalue weighted by Crippen LogP contribution is -2.40. The molecule has 0 spiro atoms. The van der Waals surface area contributed by atoms with E-state index in [1.165, 1.54) is 6.34 Å². The van der Waals surface area contributed by atoms with Crippen LogP contribution in [0.1, 0.15) is 20.3 Å². The summed E-state index contributed by atoms with van der Waals surface area (Å²) in [6, 6.07) is 0. The molecular weight excluding hydrogens is 260 g/mol. The number of hydrogen-bond acceptors (Lipinski definition) is 3. The molecule has 0 aliphatic carbocycles. The lowest BCUT2D eigenvalue weighted by atomic mass is 10.0. The Morgan fingerprint density at radius 3 is 2.76 bits per heavy atom. The number of nitrogens with one attached hydrogen (secondary N) is 1. The van der Waals surface area contributed by atoms with Crippen LogP contribution in [0.2, 0.25) is 0 Å². The Hall–Kier alpha value is -2.36. The Morgan fingerprint density at radius 1 is 1.38 bits per heavy atom. The zero-order valence-electron chi connectivity index (χ0n) is 13.0. The fourth-order valence-electron chi connectivity index (χ4n) is 2.16. The van der Waals surface area contributed by atoms with Gasteiger partial charge in [0.1, 0.15) is 6.34 Å². The molecule has 2 heterocycles. The highest BCUT2D eigenvalue weighted by molar-refractivity contribution is 5.63. The van der Waals surface area contributed by atoms with Crippen molar-refractivity contribution in [2.24, 2.45) is 9.98 Å². The Balaban J connectivity index is 0.00000106. The van der Waals surface area contributed by atoms with Gasteiger partial charge in [0.2, 0.25) is 0 Å². The van der Waals surface area contributed by atoms with Gasteiger partial charge >= 0.3 is 0 Å². The first kappa shape index (κ1) is 16.7. The van der Waals surface area contributed by atoms with Crippen molar-refractivity contribution in [1.82, 2.24) is 10.2 Å². The minimum absolute atomic E-state index is 0.658. The van der Waals surface area contributed by atoms with Crippen LogP contribution in [0.15, 0.2) is 70.2 Å². The maximum absolute atomic E-state index is 4.17. The predicted octanol–water partition coefficient (Wildman–Crippen LogP) is 3.40. The lowest BCUT2D eigenvalue weighted by Gasteiger charge is -2.38. The Bertz CT molecular complexity index is 535. The molecule has 0 bridgehead atoms. The largest absolute Gasteiger partial charge is 0.382 e. The number of hydrogen-bond donors (Lipinski definition) is 1. The minimum atomic E-state index is 0.658. The van der Waals surface area contributed by atoms with Crippen LogP contribution in [0, 0.1) is 0 Å². The number of aliphatic imine (C=N–C) groups is 2. The average Bonchev–Trinajstić information content (AvgIpc) is 2.51. The second kappa shape index (κ2) is 8.04. The number of rotatable bonds is 4. The molecule has 1 saturated heterocycles. The van der Waals surface area contributed by atoms with E-state index in [0.717, 1.165) is 41.5 Å². The van der Waals surface area contributed by atoms with Gasteiger partial charge in [-0.05, 0) is 18.4 Å². The summed E-state index contributed by atoms with van der Waals surface area (Å²) in [5.41, 5.74) is 4.87. The third kappa shape index (κ3) is 4.05. The highest BCUT2D eigenvalue weighted by Crippen LogP contribution is 2.31. The molecule has 0 amide bonds. The summed E-state index contributed by atoms with van der Waals surface area (Å²) >= 11 is 0. The molecule has 21 heavy (non-hydrogen) atoms. The number of piperazine rings is 1. The van der Waals surface area contributed by atoms with Crippen LogP contribution in [0.5, 0.6) is 0 Å².